The van der Waals surface area contributed by atoms with Gasteiger partial charge in [-0.15, -0.1) is 0 Å². The van der Waals surface area contributed by atoms with E-state index in [0.717, 1.165) is 31.1 Å². The normalized spacial score (nSPS) is 25.0. The number of rotatable bonds is 4. The molecule has 1 aromatic rings. The van der Waals surface area contributed by atoms with Crippen molar-refractivity contribution in [2.45, 2.75) is 25.1 Å². The van der Waals surface area contributed by atoms with E-state index in [0.29, 0.717) is 11.3 Å². The van der Waals surface area contributed by atoms with Crippen molar-refractivity contribution in [3.63, 3.8) is 0 Å². The zero-order valence-electron chi connectivity index (χ0n) is 11.1. The van der Waals surface area contributed by atoms with Gasteiger partial charge in [0.25, 0.3) is 0 Å². The van der Waals surface area contributed by atoms with Crippen LogP contribution in [-0.2, 0) is 0 Å². The van der Waals surface area contributed by atoms with Crippen LogP contribution < -0.4 is 10.5 Å². The first-order chi connectivity index (χ1) is 8.66. The monoisotopic (exact) mass is 266 g/mol. The Morgan fingerprint density at radius 2 is 2.28 bits per heavy atom. The van der Waals surface area contributed by atoms with Gasteiger partial charge in [0.1, 0.15) is 12.4 Å². The van der Waals surface area contributed by atoms with Crippen molar-refractivity contribution < 1.29 is 4.74 Å². The maximum Gasteiger partial charge on any atom is 0.121 e. The van der Waals surface area contributed by atoms with E-state index in [1.165, 1.54) is 5.75 Å². The van der Waals surface area contributed by atoms with Crippen LogP contribution >= 0.6 is 11.8 Å². The summed E-state index contributed by atoms with van der Waals surface area (Å²) in [5, 5.41) is 0.714. The molecule has 2 N–H and O–H groups in total. The van der Waals surface area contributed by atoms with Crippen LogP contribution in [0.15, 0.2) is 24.3 Å². The van der Waals surface area contributed by atoms with E-state index in [1.54, 1.807) is 0 Å². The molecule has 18 heavy (non-hydrogen) atoms. The molecule has 2 unspecified atom stereocenters. The molecule has 4 heteroatoms. The topological polar surface area (TPSA) is 38.5 Å². The lowest BCUT2D eigenvalue weighted by molar-refractivity contribution is 0.170. The average Bonchev–Trinajstić information content (AvgIpc) is 2.35. The second-order valence-electron chi connectivity index (χ2n) is 4.77. The summed E-state index contributed by atoms with van der Waals surface area (Å²) in [6.45, 7) is 7.49. The van der Waals surface area contributed by atoms with E-state index in [9.17, 15) is 0 Å². The van der Waals surface area contributed by atoms with E-state index in [2.05, 4.69) is 30.5 Å². The molecule has 2 rings (SSSR count). The molecule has 0 bridgehead atoms. The van der Waals surface area contributed by atoms with Crippen molar-refractivity contribution in [2.24, 2.45) is 0 Å². The van der Waals surface area contributed by atoms with Gasteiger partial charge in [-0.2, -0.15) is 11.8 Å². The molecular formula is C14H22N2OS. The summed E-state index contributed by atoms with van der Waals surface area (Å²) in [7, 11) is 0. The number of hydrogen-bond donors (Lipinski definition) is 1. The third-order valence-corrected chi connectivity index (χ3v) is 4.86. The largest absolute Gasteiger partial charge is 0.492 e. The van der Waals surface area contributed by atoms with Crippen molar-refractivity contribution in [1.82, 2.24) is 4.90 Å². The molecular weight excluding hydrogens is 244 g/mol. The van der Waals surface area contributed by atoms with Crippen molar-refractivity contribution in [2.75, 3.05) is 31.2 Å². The summed E-state index contributed by atoms with van der Waals surface area (Å²) in [5.41, 5.74) is 6.47. The Labute approximate surface area is 114 Å². The molecule has 1 heterocycles. The number of anilines is 1. The highest BCUT2D eigenvalue weighted by Gasteiger charge is 2.24. The third-order valence-electron chi connectivity index (χ3n) is 3.52. The molecule has 2 atom stereocenters. The Balaban J connectivity index is 1.78. The van der Waals surface area contributed by atoms with Crippen molar-refractivity contribution in [1.29, 1.82) is 0 Å². The van der Waals surface area contributed by atoms with E-state index in [4.69, 9.17) is 10.5 Å². The van der Waals surface area contributed by atoms with Crippen LogP contribution in [-0.4, -0.2) is 41.6 Å². The quantitative estimate of drug-likeness (QED) is 0.850. The summed E-state index contributed by atoms with van der Waals surface area (Å²) in [5.74, 6) is 2.09. The second kappa shape index (κ2) is 6.34. The smallest absolute Gasteiger partial charge is 0.121 e. The molecule has 0 aromatic heterocycles. The molecule has 1 fully saturated rings. The fraction of sp³-hybridized carbons (Fsp3) is 0.571. The number of nitrogens with zero attached hydrogens (tertiary/aromatic N) is 1. The number of ether oxygens (including phenoxy) is 1. The number of nitrogens with two attached hydrogens (primary N) is 1. The van der Waals surface area contributed by atoms with Crippen LogP contribution in [0.3, 0.4) is 0 Å². The summed E-state index contributed by atoms with van der Waals surface area (Å²) in [4.78, 5) is 2.51. The molecule has 1 saturated heterocycles. The van der Waals surface area contributed by atoms with Gasteiger partial charge in [0.15, 0.2) is 0 Å². The van der Waals surface area contributed by atoms with Gasteiger partial charge in [0.2, 0.25) is 0 Å². The van der Waals surface area contributed by atoms with Crippen LogP contribution in [0, 0.1) is 0 Å². The van der Waals surface area contributed by atoms with Crippen molar-refractivity contribution >= 4 is 17.4 Å². The van der Waals surface area contributed by atoms with Gasteiger partial charge in [-0.1, -0.05) is 13.0 Å². The predicted octanol–water partition coefficient (Wildman–Crippen LogP) is 2.47. The highest BCUT2D eigenvalue weighted by atomic mass is 32.2. The lowest BCUT2D eigenvalue weighted by Gasteiger charge is -2.37. The number of benzene rings is 1. The first kappa shape index (κ1) is 13.6. The zero-order valence-corrected chi connectivity index (χ0v) is 12.0. The van der Waals surface area contributed by atoms with E-state index >= 15 is 0 Å². The summed E-state index contributed by atoms with van der Waals surface area (Å²) < 4.78 is 5.74. The van der Waals surface area contributed by atoms with Gasteiger partial charge >= 0.3 is 0 Å². The first-order valence-electron chi connectivity index (χ1n) is 6.51. The van der Waals surface area contributed by atoms with Crippen LogP contribution in [0.2, 0.25) is 0 Å². The zero-order chi connectivity index (χ0) is 13.0. The predicted molar refractivity (Wildman–Crippen MR) is 79.3 cm³/mol. The summed E-state index contributed by atoms with van der Waals surface area (Å²) >= 11 is 2.06. The Morgan fingerprint density at radius 1 is 1.44 bits per heavy atom. The molecule has 0 aliphatic carbocycles. The maximum absolute atomic E-state index is 5.74. The highest BCUT2D eigenvalue weighted by molar-refractivity contribution is 8.00. The van der Waals surface area contributed by atoms with Gasteiger partial charge in [0.05, 0.1) is 0 Å². The molecule has 100 valence electrons. The van der Waals surface area contributed by atoms with Crippen LogP contribution in [0.5, 0.6) is 5.75 Å². The van der Waals surface area contributed by atoms with E-state index < -0.39 is 0 Å². The Kier molecular flexibility index (Phi) is 4.78. The van der Waals surface area contributed by atoms with E-state index in [-0.39, 0.29) is 0 Å². The van der Waals surface area contributed by atoms with Gasteiger partial charge in [0, 0.05) is 41.9 Å². The summed E-state index contributed by atoms with van der Waals surface area (Å²) in [6.07, 6.45) is 0. The molecule has 0 spiro atoms. The minimum atomic E-state index is 0.633. The Bertz CT molecular complexity index is 386. The second-order valence-corrected chi connectivity index (χ2v) is 6.26. The number of hydrogen-bond acceptors (Lipinski definition) is 4. The molecule has 0 saturated carbocycles. The highest BCUT2D eigenvalue weighted by Crippen LogP contribution is 2.23. The lowest BCUT2D eigenvalue weighted by atomic mass is 10.2. The fourth-order valence-electron chi connectivity index (χ4n) is 2.20. The van der Waals surface area contributed by atoms with Crippen molar-refractivity contribution in [3.8, 4) is 5.75 Å². The maximum atomic E-state index is 5.74. The number of thioether (sulfide) groups is 1. The molecule has 3 nitrogen and oxygen atoms in total. The van der Waals surface area contributed by atoms with Crippen LogP contribution in [0.4, 0.5) is 5.69 Å². The van der Waals surface area contributed by atoms with Gasteiger partial charge < -0.3 is 10.5 Å². The average molecular weight is 266 g/mol. The molecule has 0 amide bonds. The van der Waals surface area contributed by atoms with Crippen molar-refractivity contribution in [3.05, 3.63) is 24.3 Å². The Hall–Kier alpha value is -0.870. The first-order valence-corrected chi connectivity index (χ1v) is 7.55. The molecule has 1 aromatic carbocycles. The van der Waals surface area contributed by atoms with Crippen LogP contribution in [0.1, 0.15) is 13.8 Å². The van der Waals surface area contributed by atoms with E-state index in [1.807, 2.05) is 24.3 Å². The third kappa shape index (κ3) is 3.56. The molecule has 1 aliphatic heterocycles. The SMILES string of the molecule is CC1SCCN(CCOc2cccc(N)c2)C1C. The van der Waals surface area contributed by atoms with Gasteiger partial charge in [-0.05, 0) is 19.1 Å². The standard InChI is InChI=1S/C14H22N2OS/c1-11-12(2)18-9-7-16(11)6-8-17-14-5-3-4-13(15)10-14/h3-5,10-12H,6-9,15H2,1-2H3. The van der Waals surface area contributed by atoms with Gasteiger partial charge in [-0.25, -0.2) is 0 Å². The van der Waals surface area contributed by atoms with Crippen LogP contribution in [0.25, 0.3) is 0 Å². The minimum absolute atomic E-state index is 0.633. The Morgan fingerprint density at radius 3 is 3.06 bits per heavy atom. The minimum Gasteiger partial charge on any atom is -0.492 e. The lowest BCUT2D eigenvalue weighted by Crippen LogP contribution is -2.46. The number of nitrogen functional groups attached to an aromatic ring is 1. The molecule has 0 radical (unpaired) electrons. The fourth-order valence-corrected chi connectivity index (χ4v) is 3.36. The van der Waals surface area contributed by atoms with Gasteiger partial charge in [-0.3, -0.25) is 4.90 Å². The summed E-state index contributed by atoms with van der Waals surface area (Å²) in [6, 6.07) is 8.26. The molecule has 1 aliphatic rings.